The Labute approximate surface area is 171 Å². The molecule has 0 aromatic heterocycles. The number of amides is 1. The Morgan fingerprint density at radius 1 is 1.19 bits per heavy atom. The first-order chi connectivity index (χ1) is 13.7. The van der Waals surface area contributed by atoms with Crippen LogP contribution in [0.4, 0.5) is 4.79 Å². The van der Waals surface area contributed by atoms with E-state index in [-0.39, 0.29) is 18.2 Å². The van der Waals surface area contributed by atoms with E-state index in [9.17, 15) is 4.79 Å². The standard InChI is InChI=1S/C23H40N2O2/c1-10-15-25(17(6)7)23(26)27-21-14-13-18(8)22(19(21)9)20(11-2)24(12-3)16(4)5/h13-14,16-17,20H,10-12,15H2,1-9H3/t20-/m0/s1/i12D2,16D. The molecular weight excluding hydrogens is 336 g/mol. The summed E-state index contributed by atoms with van der Waals surface area (Å²) in [6.45, 7) is 15.7. The fraction of sp³-hybridized carbons (Fsp3) is 0.696. The Kier molecular flexibility index (Phi) is 7.45. The molecule has 0 saturated carbocycles. The van der Waals surface area contributed by atoms with E-state index in [1.807, 2.05) is 47.6 Å². The van der Waals surface area contributed by atoms with Crippen molar-refractivity contribution in [3.05, 3.63) is 28.8 Å². The minimum atomic E-state index is -1.69. The Hall–Kier alpha value is -1.55. The molecule has 1 rings (SSSR count). The van der Waals surface area contributed by atoms with E-state index in [4.69, 9.17) is 8.85 Å². The largest absolute Gasteiger partial charge is 0.415 e. The predicted octanol–water partition coefficient (Wildman–Crippen LogP) is 6.10. The molecule has 1 amide bonds. The van der Waals surface area contributed by atoms with Crippen molar-refractivity contribution in [3.8, 4) is 5.75 Å². The van der Waals surface area contributed by atoms with Gasteiger partial charge in [0.1, 0.15) is 5.75 Å². The molecular formula is C23H40N2O2. The zero-order chi connectivity index (χ0) is 23.4. The van der Waals surface area contributed by atoms with Crippen molar-refractivity contribution < 1.29 is 13.6 Å². The molecule has 0 spiro atoms. The zero-order valence-corrected chi connectivity index (χ0v) is 18.6. The second kappa shape index (κ2) is 10.7. The van der Waals surface area contributed by atoms with Crippen LogP contribution in [-0.2, 0) is 0 Å². The number of carbonyl (C=O) groups is 1. The minimum Gasteiger partial charge on any atom is -0.410 e. The fourth-order valence-corrected chi connectivity index (χ4v) is 3.63. The van der Waals surface area contributed by atoms with Crippen LogP contribution in [0.3, 0.4) is 0 Å². The third-order valence-electron chi connectivity index (χ3n) is 4.96. The van der Waals surface area contributed by atoms with E-state index >= 15 is 0 Å². The Bertz CT molecular complexity index is 710. The summed E-state index contributed by atoms with van der Waals surface area (Å²) in [5, 5.41) is 0. The fourth-order valence-electron chi connectivity index (χ4n) is 3.63. The second-order valence-corrected chi connectivity index (χ2v) is 7.54. The summed E-state index contributed by atoms with van der Waals surface area (Å²) in [7, 11) is 0. The van der Waals surface area contributed by atoms with Crippen LogP contribution in [-0.4, -0.2) is 41.0 Å². The lowest BCUT2D eigenvalue weighted by atomic mass is 9.92. The molecule has 154 valence electrons. The topological polar surface area (TPSA) is 32.8 Å². The molecule has 0 aliphatic rings. The molecule has 0 fully saturated rings. The molecule has 1 aromatic rings. The number of nitrogens with zero attached hydrogens (tertiary/aromatic N) is 2. The van der Waals surface area contributed by atoms with Crippen LogP contribution in [0, 0.1) is 13.8 Å². The number of aryl methyl sites for hydroxylation is 1. The van der Waals surface area contributed by atoms with Crippen molar-refractivity contribution in [1.82, 2.24) is 9.80 Å². The van der Waals surface area contributed by atoms with Gasteiger partial charge in [0.25, 0.3) is 0 Å². The van der Waals surface area contributed by atoms with Gasteiger partial charge < -0.3 is 9.64 Å². The van der Waals surface area contributed by atoms with Crippen molar-refractivity contribution in [2.45, 2.75) is 93.3 Å². The maximum absolute atomic E-state index is 12.8. The maximum Gasteiger partial charge on any atom is 0.415 e. The Morgan fingerprint density at radius 3 is 2.26 bits per heavy atom. The van der Waals surface area contributed by atoms with Gasteiger partial charge in [0.05, 0.1) is 0 Å². The number of hydrogen-bond acceptors (Lipinski definition) is 3. The molecule has 0 bridgehead atoms. The van der Waals surface area contributed by atoms with E-state index in [0.717, 1.165) is 23.1 Å². The highest BCUT2D eigenvalue weighted by Crippen LogP contribution is 2.35. The summed E-state index contributed by atoms with van der Waals surface area (Å²) in [4.78, 5) is 16.1. The normalized spacial score (nSPS) is 15.3. The highest BCUT2D eigenvalue weighted by molar-refractivity contribution is 5.71. The van der Waals surface area contributed by atoms with Gasteiger partial charge in [-0.25, -0.2) is 4.79 Å². The van der Waals surface area contributed by atoms with Crippen molar-refractivity contribution >= 4 is 6.09 Å². The van der Waals surface area contributed by atoms with Crippen LogP contribution in [0.15, 0.2) is 12.1 Å². The van der Waals surface area contributed by atoms with Crippen molar-refractivity contribution in [1.29, 1.82) is 0 Å². The van der Waals surface area contributed by atoms with Crippen LogP contribution < -0.4 is 4.74 Å². The van der Waals surface area contributed by atoms with Gasteiger partial charge in [-0.05, 0) is 83.6 Å². The van der Waals surface area contributed by atoms with Gasteiger partial charge in [-0.3, -0.25) is 4.90 Å². The minimum absolute atomic E-state index is 0.0398. The summed E-state index contributed by atoms with van der Waals surface area (Å²) in [5.74, 6) is 0.486. The lowest BCUT2D eigenvalue weighted by molar-refractivity contribution is 0.137. The molecule has 0 unspecified atom stereocenters. The third kappa shape index (κ3) is 5.71. The van der Waals surface area contributed by atoms with Gasteiger partial charge in [-0.15, -0.1) is 0 Å². The first kappa shape index (κ1) is 18.8. The molecule has 1 atom stereocenters. The molecule has 1 aromatic carbocycles. The molecule has 0 N–H and O–H groups in total. The van der Waals surface area contributed by atoms with Crippen LogP contribution >= 0.6 is 0 Å². The Morgan fingerprint density at radius 2 is 1.81 bits per heavy atom. The lowest BCUT2D eigenvalue weighted by Gasteiger charge is -2.36. The number of ether oxygens (including phenoxy) is 1. The molecule has 0 saturated heterocycles. The van der Waals surface area contributed by atoms with Crippen LogP contribution in [0.5, 0.6) is 5.75 Å². The van der Waals surface area contributed by atoms with Gasteiger partial charge in [0, 0.05) is 28.8 Å². The highest BCUT2D eigenvalue weighted by Gasteiger charge is 2.26. The number of hydrogen-bond donors (Lipinski definition) is 0. The molecule has 0 aliphatic carbocycles. The first-order valence-corrected chi connectivity index (χ1v) is 10.0. The Balaban J connectivity index is 3.46. The number of benzene rings is 1. The highest BCUT2D eigenvalue weighted by atomic mass is 16.6. The van der Waals surface area contributed by atoms with Crippen molar-refractivity contribution in [2.24, 2.45) is 0 Å². The molecule has 27 heavy (non-hydrogen) atoms. The van der Waals surface area contributed by atoms with Gasteiger partial charge >= 0.3 is 6.09 Å². The SMILES string of the molecule is [2H]C([2H])(C)N([C@@H](CC)c1c(C)ccc(OC(=O)N(CCC)C(C)C)c1C)C([2H])(C)C. The summed E-state index contributed by atoms with van der Waals surface area (Å²) in [5.41, 5.74) is 2.72. The number of rotatable bonds is 9. The van der Waals surface area contributed by atoms with Gasteiger partial charge in [0.15, 0.2) is 0 Å². The van der Waals surface area contributed by atoms with E-state index in [2.05, 4.69) is 0 Å². The molecule has 0 radical (unpaired) electrons. The van der Waals surface area contributed by atoms with Gasteiger partial charge in [-0.1, -0.05) is 26.8 Å². The van der Waals surface area contributed by atoms with E-state index < -0.39 is 12.5 Å². The first-order valence-electron chi connectivity index (χ1n) is 11.5. The summed E-state index contributed by atoms with van der Waals surface area (Å²) < 4.78 is 31.1. The smallest absolute Gasteiger partial charge is 0.410 e. The monoisotopic (exact) mass is 379 g/mol. The van der Waals surface area contributed by atoms with Gasteiger partial charge in [0.2, 0.25) is 0 Å². The van der Waals surface area contributed by atoms with Crippen molar-refractivity contribution in [2.75, 3.05) is 13.0 Å². The molecule has 4 nitrogen and oxygen atoms in total. The summed E-state index contributed by atoms with van der Waals surface area (Å²) >= 11 is 0. The molecule has 0 heterocycles. The average Bonchev–Trinajstić information content (AvgIpc) is 2.58. The second-order valence-electron chi connectivity index (χ2n) is 7.54. The van der Waals surface area contributed by atoms with E-state index in [1.165, 1.54) is 6.92 Å². The maximum atomic E-state index is 12.8. The zero-order valence-electron chi connectivity index (χ0n) is 21.6. The predicted molar refractivity (Wildman–Crippen MR) is 115 cm³/mol. The van der Waals surface area contributed by atoms with Crippen LogP contribution in [0.1, 0.15) is 88.2 Å². The van der Waals surface area contributed by atoms with E-state index in [1.54, 1.807) is 29.7 Å². The average molecular weight is 380 g/mol. The van der Waals surface area contributed by atoms with Crippen molar-refractivity contribution in [3.63, 3.8) is 0 Å². The summed E-state index contributed by atoms with van der Waals surface area (Å²) in [6.07, 6.45) is 1.10. The van der Waals surface area contributed by atoms with Gasteiger partial charge in [-0.2, -0.15) is 0 Å². The van der Waals surface area contributed by atoms with Crippen LogP contribution in [0.25, 0.3) is 0 Å². The summed E-state index contributed by atoms with van der Waals surface area (Å²) in [6, 6.07) is 2.30. The molecule has 0 aliphatic heterocycles. The molecule has 4 heteroatoms. The van der Waals surface area contributed by atoms with E-state index in [0.29, 0.717) is 18.7 Å². The van der Waals surface area contributed by atoms with Crippen LogP contribution in [0.2, 0.25) is 0 Å². The number of carbonyl (C=O) groups excluding carboxylic acids is 1. The quantitative estimate of drug-likeness (QED) is 0.519. The third-order valence-corrected chi connectivity index (χ3v) is 4.96. The lowest BCUT2D eigenvalue weighted by Crippen LogP contribution is -2.39.